The van der Waals surface area contributed by atoms with Crippen LogP contribution in [0.15, 0.2) is 50.2 Å². The highest BCUT2D eigenvalue weighted by Crippen LogP contribution is 2.31. The van der Waals surface area contributed by atoms with Crippen molar-refractivity contribution in [3.63, 3.8) is 0 Å². The Kier molecular flexibility index (Phi) is 5.43. The maximum absolute atomic E-state index is 13.2. The molecule has 1 N–H and O–H groups in total. The fourth-order valence-corrected chi connectivity index (χ4v) is 5.41. The summed E-state index contributed by atoms with van der Waals surface area (Å²) in [6, 6.07) is 9.10. The van der Waals surface area contributed by atoms with E-state index in [1.807, 2.05) is 0 Å². The summed E-state index contributed by atoms with van der Waals surface area (Å²) in [7, 11) is -3.82. The van der Waals surface area contributed by atoms with Crippen molar-refractivity contribution in [1.29, 1.82) is 0 Å². The third-order valence-corrected chi connectivity index (χ3v) is 6.29. The van der Waals surface area contributed by atoms with Crippen LogP contribution < -0.4 is 4.72 Å². The average molecular weight is 458 g/mol. The van der Waals surface area contributed by atoms with Gasteiger partial charge in [0, 0.05) is 20.5 Å². The number of benzene rings is 2. The van der Waals surface area contributed by atoms with E-state index in [0.717, 1.165) is 12.1 Å². The summed E-state index contributed by atoms with van der Waals surface area (Å²) in [6.07, 6.45) is 0. The molecular weight excluding hydrogens is 448 g/mol. The summed E-state index contributed by atoms with van der Waals surface area (Å²) in [5, 5.41) is 0.470. The van der Waals surface area contributed by atoms with Gasteiger partial charge in [-0.2, -0.15) is 0 Å². The summed E-state index contributed by atoms with van der Waals surface area (Å²) in [4.78, 5) is -0.0593. The van der Waals surface area contributed by atoms with Crippen LogP contribution in [0.25, 0.3) is 0 Å². The fraction of sp³-hybridized carbons (Fsp3) is 0.0769. The standard InChI is InChI=1S/C13H9Br2ClFNO2S/c14-10-5-9(17)6-11(15)13(10)21(19,20)18-7-8-3-1-2-4-12(8)16/h1-6,18H,7H2. The highest BCUT2D eigenvalue weighted by Gasteiger charge is 2.22. The third kappa shape index (κ3) is 4.04. The molecule has 0 atom stereocenters. The second kappa shape index (κ2) is 6.75. The predicted octanol–water partition coefficient (Wildman–Crippen LogP) is 4.48. The highest BCUT2D eigenvalue weighted by atomic mass is 79.9. The lowest BCUT2D eigenvalue weighted by molar-refractivity contribution is 0.579. The molecule has 2 aromatic carbocycles. The minimum atomic E-state index is -3.82. The van der Waals surface area contributed by atoms with Gasteiger partial charge in [-0.05, 0) is 55.6 Å². The fourth-order valence-electron chi connectivity index (χ4n) is 1.67. The smallest absolute Gasteiger partial charge is 0.207 e. The van der Waals surface area contributed by atoms with Crippen LogP contribution in [0, 0.1) is 5.82 Å². The molecule has 2 aromatic rings. The molecule has 2 rings (SSSR count). The van der Waals surface area contributed by atoms with Crippen molar-refractivity contribution in [1.82, 2.24) is 4.72 Å². The Hall–Kier alpha value is -0.470. The minimum absolute atomic E-state index is 0.0399. The first-order valence-corrected chi connectivity index (χ1v) is 9.13. The van der Waals surface area contributed by atoms with E-state index in [2.05, 4.69) is 36.6 Å². The largest absolute Gasteiger partial charge is 0.243 e. The van der Waals surface area contributed by atoms with Gasteiger partial charge in [-0.15, -0.1) is 0 Å². The lowest BCUT2D eigenvalue weighted by Crippen LogP contribution is -2.24. The van der Waals surface area contributed by atoms with Crippen LogP contribution in [-0.2, 0) is 16.6 Å². The summed E-state index contributed by atoms with van der Waals surface area (Å²) in [5.74, 6) is -0.543. The molecule has 0 aliphatic carbocycles. The summed E-state index contributed by atoms with van der Waals surface area (Å²) in [6.45, 7) is 0.0399. The zero-order valence-electron chi connectivity index (χ0n) is 10.4. The van der Waals surface area contributed by atoms with E-state index >= 15 is 0 Å². The molecule has 0 unspecified atom stereocenters. The Morgan fingerprint density at radius 1 is 1.14 bits per heavy atom. The van der Waals surface area contributed by atoms with Crippen molar-refractivity contribution in [2.45, 2.75) is 11.4 Å². The van der Waals surface area contributed by atoms with E-state index in [0.29, 0.717) is 10.6 Å². The zero-order valence-corrected chi connectivity index (χ0v) is 15.2. The molecule has 3 nitrogen and oxygen atoms in total. The maximum Gasteiger partial charge on any atom is 0.243 e. The van der Waals surface area contributed by atoms with Crippen molar-refractivity contribution < 1.29 is 12.8 Å². The van der Waals surface area contributed by atoms with Gasteiger partial charge >= 0.3 is 0 Å². The topological polar surface area (TPSA) is 46.2 Å². The SMILES string of the molecule is O=S(=O)(NCc1ccccc1Cl)c1c(Br)cc(F)cc1Br. The number of halogens is 4. The van der Waals surface area contributed by atoms with E-state index in [1.54, 1.807) is 24.3 Å². The van der Waals surface area contributed by atoms with Crippen LogP contribution in [0.2, 0.25) is 5.02 Å². The Labute approximate surface area is 143 Å². The second-order valence-electron chi connectivity index (χ2n) is 4.11. The van der Waals surface area contributed by atoms with Crippen molar-refractivity contribution in [2.75, 3.05) is 0 Å². The number of sulfonamides is 1. The monoisotopic (exact) mass is 455 g/mol. The molecule has 112 valence electrons. The molecule has 0 fully saturated rings. The summed E-state index contributed by atoms with van der Waals surface area (Å²) in [5.41, 5.74) is 0.650. The molecule has 0 saturated heterocycles. The van der Waals surface area contributed by atoms with Crippen LogP contribution in [-0.4, -0.2) is 8.42 Å². The van der Waals surface area contributed by atoms with Crippen molar-refractivity contribution >= 4 is 53.5 Å². The van der Waals surface area contributed by atoms with Crippen LogP contribution in [0.3, 0.4) is 0 Å². The van der Waals surface area contributed by atoms with E-state index in [1.165, 1.54) is 0 Å². The molecule has 0 aliphatic rings. The lowest BCUT2D eigenvalue weighted by Gasteiger charge is -2.11. The first kappa shape index (κ1) is 16.9. The molecular formula is C13H9Br2ClFNO2S. The third-order valence-electron chi connectivity index (χ3n) is 2.64. The van der Waals surface area contributed by atoms with E-state index in [9.17, 15) is 12.8 Å². The van der Waals surface area contributed by atoms with Gasteiger partial charge in [-0.25, -0.2) is 17.5 Å². The van der Waals surface area contributed by atoms with E-state index < -0.39 is 15.8 Å². The summed E-state index contributed by atoms with van der Waals surface area (Å²) < 4.78 is 40.6. The molecule has 21 heavy (non-hydrogen) atoms. The van der Waals surface area contributed by atoms with Crippen LogP contribution in [0.5, 0.6) is 0 Å². The first-order chi connectivity index (χ1) is 9.81. The number of rotatable bonds is 4. The van der Waals surface area contributed by atoms with Crippen LogP contribution >= 0.6 is 43.5 Å². The average Bonchev–Trinajstić information content (AvgIpc) is 2.36. The van der Waals surface area contributed by atoms with Crippen molar-refractivity contribution in [3.8, 4) is 0 Å². The van der Waals surface area contributed by atoms with Crippen LogP contribution in [0.4, 0.5) is 4.39 Å². The molecule has 8 heteroatoms. The first-order valence-electron chi connectivity index (χ1n) is 5.69. The zero-order chi connectivity index (χ0) is 15.6. The Morgan fingerprint density at radius 2 is 1.71 bits per heavy atom. The second-order valence-corrected chi connectivity index (χ2v) is 7.93. The van der Waals surface area contributed by atoms with Gasteiger partial charge in [0.2, 0.25) is 10.0 Å². The van der Waals surface area contributed by atoms with Gasteiger partial charge in [0.05, 0.1) is 0 Å². The number of hydrogen-bond donors (Lipinski definition) is 1. The Morgan fingerprint density at radius 3 is 2.29 bits per heavy atom. The van der Waals surface area contributed by atoms with Gasteiger partial charge < -0.3 is 0 Å². The number of nitrogens with one attached hydrogen (secondary N) is 1. The minimum Gasteiger partial charge on any atom is -0.207 e. The maximum atomic E-state index is 13.2. The highest BCUT2D eigenvalue weighted by molar-refractivity contribution is 9.11. The van der Waals surface area contributed by atoms with Crippen molar-refractivity contribution in [2.24, 2.45) is 0 Å². The number of hydrogen-bond acceptors (Lipinski definition) is 2. The summed E-state index contributed by atoms with van der Waals surface area (Å²) >= 11 is 12.1. The van der Waals surface area contributed by atoms with Gasteiger partial charge in [-0.3, -0.25) is 0 Å². The van der Waals surface area contributed by atoms with Gasteiger partial charge in [0.25, 0.3) is 0 Å². The van der Waals surface area contributed by atoms with Crippen LogP contribution in [0.1, 0.15) is 5.56 Å². The van der Waals surface area contributed by atoms with E-state index in [-0.39, 0.29) is 20.4 Å². The Bertz CT molecular complexity index is 760. The molecule has 0 heterocycles. The van der Waals surface area contributed by atoms with Gasteiger partial charge in [0.1, 0.15) is 10.7 Å². The molecule has 0 radical (unpaired) electrons. The molecule has 0 aliphatic heterocycles. The quantitative estimate of drug-likeness (QED) is 0.736. The normalized spacial score (nSPS) is 11.6. The predicted molar refractivity (Wildman–Crippen MR) is 87.3 cm³/mol. The molecule has 0 amide bonds. The van der Waals surface area contributed by atoms with E-state index in [4.69, 9.17) is 11.6 Å². The lowest BCUT2D eigenvalue weighted by atomic mass is 10.2. The van der Waals surface area contributed by atoms with Gasteiger partial charge in [-0.1, -0.05) is 29.8 Å². The van der Waals surface area contributed by atoms with Gasteiger partial charge in [0.15, 0.2) is 0 Å². The van der Waals surface area contributed by atoms with Crippen molar-refractivity contribution in [3.05, 3.63) is 61.7 Å². The Balaban J connectivity index is 2.30. The molecule has 0 spiro atoms. The molecule has 0 saturated carbocycles. The molecule has 0 bridgehead atoms. The molecule has 0 aromatic heterocycles.